The molecule has 11 heavy (non-hydrogen) atoms. The molecule has 1 fully saturated rings. The topological polar surface area (TPSA) is 20.2 Å². The molecule has 1 nitrogen and oxygen atoms in total. The summed E-state index contributed by atoms with van der Waals surface area (Å²) in [5.74, 6) is 0.586. The second-order valence-corrected chi connectivity index (χ2v) is 3.85. The van der Waals surface area contributed by atoms with Gasteiger partial charge in [0.05, 0.1) is 5.60 Å². The maximum Gasteiger partial charge on any atom is 0.0675 e. The Morgan fingerprint density at radius 2 is 2.18 bits per heavy atom. The van der Waals surface area contributed by atoms with E-state index in [2.05, 4.69) is 13.8 Å². The molecular formula is C10H20O. The van der Waals surface area contributed by atoms with Gasteiger partial charge in [-0.05, 0) is 25.2 Å². The molecule has 2 atom stereocenters. The summed E-state index contributed by atoms with van der Waals surface area (Å²) < 4.78 is 0. The number of rotatable bonds is 3. The van der Waals surface area contributed by atoms with Crippen LogP contribution in [0.25, 0.3) is 0 Å². The molecule has 0 bridgehead atoms. The molecule has 0 spiro atoms. The van der Waals surface area contributed by atoms with Crippen molar-refractivity contribution in [3.05, 3.63) is 0 Å². The lowest BCUT2D eigenvalue weighted by Gasteiger charge is -2.28. The van der Waals surface area contributed by atoms with Crippen LogP contribution in [0, 0.1) is 5.92 Å². The van der Waals surface area contributed by atoms with Crippen LogP contribution in [0.3, 0.4) is 0 Å². The van der Waals surface area contributed by atoms with E-state index in [1.165, 1.54) is 12.8 Å². The first-order chi connectivity index (χ1) is 5.23. The first-order valence-corrected chi connectivity index (χ1v) is 4.95. The summed E-state index contributed by atoms with van der Waals surface area (Å²) in [6.45, 7) is 4.35. The van der Waals surface area contributed by atoms with Crippen molar-refractivity contribution >= 4 is 0 Å². The molecule has 0 aliphatic heterocycles. The van der Waals surface area contributed by atoms with E-state index < -0.39 is 0 Å². The summed E-state index contributed by atoms with van der Waals surface area (Å²) in [6.07, 6.45) is 6.79. The van der Waals surface area contributed by atoms with Gasteiger partial charge < -0.3 is 5.11 Å². The van der Waals surface area contributed by atoms with Gasteiger partial charge >= 0.3 is 0 Å². The van der Waals surface area contributed by atoms with Gasteiger partial charge in [0.1, 0.15) is 0 Å². The molecule has 0 aromatic heterocycles. The van der Waals surface area contributed by atoms with Crippen LogP contribution < -0.4 is 0 Å². The molecule has 1 N–H and O–H groups in total. The summed E-state index contributed by atoms with van der Waals surface area (Å²) in [5.41, 5.74) is -0.288. The molecule has 1 aliphatic rings. The van der Waals surface area contributed by atoms with Crippen LogP contribution >= 0.6 is 0 Å². The second kappa shape index (κ2) is 3.57. The molecule has 66 valence electrons. The normalized spacial score (nSPS) is 37.9. The fraction of sp³-hybridized carbons (Fsp3) is 1.00. The highest BCUT2D eigenvalue weighted by atomic mass is 16.3. The Balaban J connectivity index is 2.51. The molecule has 1 rings (SSSR count). The zero-order valence-electron chi connectivity index (χ0n) is 7.77. The predicted octanol–water partition coefficient (Wildman–Crippen LogP) is 2.73. The predicted molar refractivity (Wildman–Crippen MR) is 47.5 cm³/mol. The zero-order chi connectivity index (χ0) is 8.32. The average molecular weight is 156 g/mol. The van der Waals surface area contributed by atoms with Gasteiger partial charge in [-0.25, -0.2) is 0 Å². The van der Waals surface area contributed by atoms with Crippen LogP contribution in [0.15, 0.2) is 0 Å². The molecule has 1 aliphatic carbocycles. The van der Waals surface area contributed by atoms with E-state index in [1.54, 1.807) is 0 Å². The van der Waals surface area contributed by atoms with Crippen molar-refractivity contribution in [2.45, 2.75) is 58.0 Å². The van der Waals surface area contributed by atoms with Crippen LogP contribution in [-0.4, -0.2) is 10.7 Å². The van der Waals surface area contributed by atoms with Crippen LogP contribution in [0.2, 0.25) is 0 Å². The molecule has 0 aromatic carbocycles. The summed E-state index contributed by atoms with van der Waals surface area (Å²) in [6, 6.07) is 0. The minimum absolute atomic E-state index is 0.288. The molecule has 0 aromatic rings. The summed E-state index contributed by atoms with van der Waals surface area (Å²) in [5, 5.41) is 10.2. The Morgan fingerprint density at radius 3 is 2.73 bits per heavy atom. The third-order valence-electron chi connectivity index (χ3n) is 3.10. The van der Waals surface area contributed by atoms with Gasteiger partial charge in [-0.2, -0.15) is 0 Å². The van der Waals surface area contributed by atoms with Crippen LogP contribution in [-0.2, 0) is 0 Å². The molecule has 0 saturated heterocycles. The lowest BCUT2D eigenvalue weighted by Crippen LogP contribution is -2.32. The van der Waals surface area contributed by atoms with E-state index >= 15 is 0 Å². The Hall–Kier alpha value is -0.0400. The van der Waals surface area contributed by atoms with Crippen molar-refractivity contribution in [1.82, 2.24) is 0 Å². The van der Waals surface area contributed by atoms with Crippen molar-refractivity contribution < 1.29 is 5.11 Å². The van der Waals surface area contributed by atoms with Gasteiger partial charge in [-0.15, -0.1) is 0 Å². The number of aliphatic hydroxyl groups is 1. The van der Waals surface area contributed by atoms with Gasteiger partial charge in [-0.3, -0.25) is 0 Å². The van der Waals surface area contributed by atoms with Gasteiger partial charge in [0.25, 0.3) is 0 Å². The Morgan fingerprint density at radius 1 is 1.45 bits per heavy atom. The van der Waals surface area contributed by atoms with Crippen molar-refractivity contribution in [2.24, 2.45) is 5.92 Å². The van der Waals surface area contributed by atoms with Crippen molar-refractivity contribution in [3.63, 3.8) is 0 Å². The van der Waals surface area contributed by atoms with Crippen LogP contribution in [0.5, 0.6) is 0 Å². The summed E-state index contributed by atoms with van der Waals surface area (Å²) >= 11 is 0. The number of hydrogen-bond acceptors (Lipinski definition) is 1. The lowest BCUT2D eigenvalue weighted by molar-refractivity contribution is -0.00744. The lowest BCUT2D eigenvalue weighted by atomic mass is 9.85. The molecule has 0 heterocycles. The van der Waals surface area contributed by atoms with Gasteiger partial charge in [0.15, 0.2) is 0 Å². The monoisotopic (exact) mass is 156 g/mol. The number of hydrogen-bond donors (Lipinski definition) is 1. The zero-order valence-corrected chi connectivity index (χ0v) is 7.77. The average Bonchev–Trinajstić information content (AvgIpc) is 2.31. The minimum atomic E-state index is -0.288. The third kappa shape index (κ3) is 1.76. The Labute approximate surface area is 69.8 Å². The van der Waals surface area contributed by atoms with E-state index in [0.717, 1.165) is 25.7 Å². The highest BCUT2D eigenvalue weighted by molar-refractivity contribution is 4.90. The summed E-state index contributed by atoms with van der Waals surface area (Å²) in [4.78, 5) is 0. The van der Waals surface area contributed by atoms with Gasteiger partial charge in [0, 0.05) is 0 Å². The summed E-state index contributed by atoms with van der Waals surface area (Å²) in [7, 11) is 0. The second-order valence-electron chi connectivity index (χ2n) is 3.85. The maximum atomic E-state index is 10.2. The van der Waals surface area contributed by atoms with Gasteiger partial charge in [0.2, 0.25) is 0 Å². The Bertz CT molecular complexity index is 122. The van der Waals surface area contributed by atoms with E-state index in [4.69, 9.17) is 0 Å². The van der Waals surface area contributed by atoms with Crippen molar-refractivity contribution in [2.75, 3.05) is 0 Å². The van der Waals surface area contributed by atoms with Crippen molar-refractivity contribution in [3.8, 4) is 0 Å². The van der Waals surface area contributed by atoms with Crippen LogP contribution in [0.1, 0.15) is 52.4 Å². The molecule has 0 amide bonds. The fourth-order valence-electron chi connectivity index (χ4n) is 2.47. The van der Waals surface area contributed by atoms with Crippen LogP contribution in [0.4, 0.5) is 0 Å². The molecule has 0 radical (unpaired) electrons. The molecule has 2 unspecified atom stereocenters. The Kier molecular flexibility index (Phi) is 2.94. The fourth-order valence-corrected chi connectivity index (χ4v) is 2.47. The quantitative estimate of drug-likeness (QED) is 0.666. The van der Waals surface area contributed by atoms with Crippen molar-refractivity contribution in [1.29, 1.82) is 0 Å². The van der Waals surface area contributed by atoms with Gasteiger partial charge in [-0.1, -0.05) is 33.1 Å². The SMILES string of the molecule is CCCC1(O)CCCC1CC. The smallest absolute Gasteiger partial charge is 0.0675 e. The maximum absolute atomic E-state index is 10.2. The molecule has 1 saturated carbocycles. The van der Waals surface area contributed by atoms with E-state index in [1.807, 2.05) is 0 Å². The molecule has 1 heteroatoms. The first-order valence-electron chi connectivity index (χ1n) is 4.95. The van der Waals surface area contributed by atoms with E-state index in [0.29, 0.717) is 5.92 Å². The first kappa shape index (κ1) is 9.05. The highest BCUT2D eigenvalue weighted by Crippen LogP contribution is 2.40. The standard InChI is InChI=1S/C10H20O/c1-3-7-10(11)8-5-6-9(10)4-2/h9,11H,3-8H2,1-2H3. The van der Waals surface area contributed by atoms with E-state index in [-0.39, 0.29) is 5.60 Å². The minimum Gasteiger partial charge on any atom is -0.390 e. The largest absolute Gasteiger partial charge is 0.390 e. The van der Waals surface area contributed by atoms with E-state index in [9.17, 15) is 5.11 Å². The third-order valence-corrected chi connectivity index (χ3v) is 3.10. The molecular weight excluding hydrogens is 136 g/mol. The highest BCUT2D eigenvalue weighted by Gasteiger charge is 2.38.